The molecule has 0 amide bonds. The topological polar surface area (TPSA) is 153 Å². The summed E-state index contributed by atoms with van der Waals surface area (Å²) in [6, 6.07) is 16.6. The number of aliphatic carboxylic acids is 1. The molecule has 9 heteroatoms. The Morgan fingerprint density at radius 2 is 1.73 bits per heavy atom. The maximum absolute atomic E-state index is 12.5. The van der Waals surface area contributed by atoms with Crippen LogP contribution in [0.1, 0.15) is 48.4 Å². The fourth-order valence-corrected chi connectivity index (χ4v) is 4.69. The third-order valence-corrected chi connectivity index (χ3v) is 6.52. The van der Waals surface area contributed by atoms with Gasteiger partial charge in [0.1, 0.15) is 24.5 Å². The largest absolute Gasteiger partial charge is 0.493 e. The molecule has 0 saturated carbocycles. The van der Waals surface area contributed by atoms with Crippen molar-refractivity contribution < 1.29 is 19.4 Å². The first-order valence-electron chi connectivity index (χ1n) is 12.6. The fraction of sp³-hybridized carbons (Fsp3) is 0.226. The van der Waals surface area contributed by atoms with Crippen molar-refractivity contribution in [3.05, 3.63) is 101 Å². The van der Waals surface area contributed by atoms with Crippen molar-refractivity contribution in [3.8, 4) is 5.75 Å². The molecule has 0 radical (unpaired) electrons. The zero-order valence-corrected chi connectivity index (χ0v) is 23.2. The number of benzene rings is 3. The van der Waals surface area contributed by atoms with Crippen LogP contribution < -0.4 is 10.5 Å². The van der Waals surface area contributed by atoms with E-state index < -0.39 is 11.9 Å². The van der Waals surface area contributed by atoms with Gasteiger partial charge in [-0.2, -0.15) is 0 Å². The lowest BCUT2D eigenvalue weighted by Crippen LogP contribution is -2.17. The summed E-state index contributed by atoms with van der Waals surface area (Å²) in [4.78, 5) is 12.5. The smallest absolute Gasteiger partial charge is 0.311 e. The van der Waals surface area contributed by atoms with Gasteiger partial charge >= 0.3 is 5.97 Å². The predicted octanol–water partition coefficient (Wildman–Crippen LogP) is 6.15. The molecule has 4 rings (SSSR count). The van der Waals surface area contributed by atoms with Gasteiger partial charge in [0.15, 0.2) is 5.76 Å². The first-order valence-corrected chi connectivity index (χ1v) is 12.6. The Bertz CT molecular complexity index is 1540. The van der Waals surface area contributed by atoms with Crippen molar-refractivity contribution in [2.45, 2.75) is 39.0 Å². The molecule has 8 nitrogen and oxygen atoms in total. The monoisotopic (exact) mass is 560 g/mol. The number of nitrogen functional groups attached to an aromatic ring is 1. The molecule has 0 bridgehead atoms. The van der Waals surface area contributed by atoms with Crippen LogP contribution in [-0.4, -0.2) is 34.9 Å². The van der Waals surface area contributed by atoms with Crippen molar-refractivity contribution in [2.24, 2.45) is 5.73 Å². The highest BCUT2D eigenvalue weighted by atomic mass is 35.5. The van der Waals surface area contributed by atoms with Gasteiger partial charge in [-0.25, -0.2) is 0 Å². The van der Waals surface area contributed by atoms with Gasteiger partial charge in [-0.3, -0.25) is 10.2 Å². The second kappa shape index (κ2) is 13.1. The van der Waals surface area contributed by atoms with Gasteiger partial charge in [0.05, 0.1) is 5.92 Å². The van der Waals surface area contributed by atoms with Crippen LogP contribution in [0.2, 0.25) is 0 Å². The molecule has 40 heavy (non-hydrogen) atoms. The highest BCUT2D eigenvalue weighted by Crippen LogP contribution is 2.32. The second-order valence-electron chi connectivity index (χ2n) is 9.83. The Morgan fingerprint density at radius 1 is 1.00 bits per heavy atom. The van der Waals surface area contributed by atoms with Gasteiger partial charge in [-0.1, -0.05) is 36.4 Å². The average Bonchev–Trinajstić information content (AvgIpc) is 2.87. The van der Waals surface area contributed by atoms with Crippen molar-refractivity contribution in [1.29, 1.82) is 16.2 Å². The summed E-state index contributed by atoms with van der Waals surface area (Å²) >= 11 is 0. The summed E-state index contributed by atoms with van der Waals surface area (Å²) < 4.78 is 11.5. The standard InChI is InChI=1S/C31H32N4O4.ClH/c1-18(32)11-22-9-10-38-17-29(22)39-26-7-8-27(25(16-26)12-19(2)33)28(31(36)37)14-20-3-4-21-5-6-23(30(34)35)15-24(21)13-20;/h3-9,13,15-17,28,32-33H,10-12,14H2,1-2H3,(H3,34,35)(H,36,37);1H. The molecule has 208 valence electrons. The molecular formula is C31H33ClN4O4. The van der Waals surface area contributed by atoms with Gasteiger partial charge in [0.2, 0.25) is 0 Å². The van der Waals surface area contributed by atoms with Crippen LogP contribution in [0.25, 0.3) is 10.8 Å². The van der Waals surface area contributed by atoms with E-state index in [1.54, 1.807) is 38.1 Å². The third-order valence-electron chi connectivity index (χ3n) is 6.52. The number of carboxylic acid groups (broad SMARTS) is 1. The summed E-state index contributed by atoms with van der Waals surface area (Å²) in [5.74, 6) is -0.804. The number of ether oxygens (including phenoxy) is 2. The number of fused-ring (bicyclic) bond motifs is 1. The lowest BCUT2D eigenvalue weighted by Gasteiger charge is -2.21. The van der Waals surface area contributed by atoms with Gasteiger partial charge in [-0.05, 0) is 72.0 Å². The molecule has 1 heterocycles. The molecule has 3 aromatic carbocycles. The predicted molar refractivity (Wildman–Crippen MR) is 161 cm³/mol. The molecule has 0 spiro atoms. The van der Waals surface area contributed by atoms with Crippen LogP contribution in [-0.2, 0) is 22.4 Å². The Hall–Kier alpha value is -4.43. The van der Waals surface area contributed by atoms with E-state index >= 15 is 0 Å². The third kappa shape index (κ3) is 7.36. The van der Waals surface area contributed by atoms with E-state index in [9.17, 15) is 9.90 Å². The molecule has 1 atom stereocenters. The molecule has 0 saturated heterocycles. The second-order valence-corrected chi connectivity index (χ2v) is 9.83. The zero-order valence-electron chi connectivity index (χ0n) is 22.4. The highest BCUT2D eigenvalue weighted by molar-refractivity contribution is 5.99. The van der Waals surface area contributed by atoms with Crippen LogP contribution >= 0.6 is 12.4 Å². The minimum Gasteiger partial charge on any atom is -0.493 e. The molecule has 0 aromatic heterocycles. The van der Waals surface area contributed by atoms with Crippen LogP contribution in [0.3, 0.4) is 0 Å². The van der Waals surface area contributed by atoms with Crippen molar-refractivity contribution in [3.63, 3.8) is 0 Å². The molecular weight excluding hydrogens is 528 g/mol. The Labute approximate surface area is 239 Å². The zero-order chi connectivity index (χ0) is 28.1. The summed E-state index contributed by atoms with van der Waals surface area (Å²) in [6.07, 6.45) is 4.40. The summed E-state index contributed by atoms with van der Waals surface area (Å²) in [6.45, 7) is 3.84. The van der Waals surface area contributed by atoms with Crippen molar-refractivity contribution in [2.75, 3.05) is 6.61 Å². The SMILES string of the molecule is CC(=N)CC1=CCOC=C1Oc1ccc(C(Cc2ccc3ccc(C(=N)N)cc3c2)C(=O)O)c(CC(C)=N)c1.Cl. The number of allylic oxidation sites excluding steroid dienone is 1. The van der Waals surface area contributed by atoms with Crippen molar-refractivity contribution >= 4 is 46.4 Å². The number of hydrogen-bond acceptors (Lipinski definition) is 6. The van der Waals surface area contributed by atoms with E-state index in [0.29, 0.717) is 52.7 Å². The van der Waals surface area contributed by atoms with E-state index in [2.05, 4.69) is 0 Å². The van der Waals surface area contributed by atoms with E-state index in [4.69, 9.17) is 31.4 Å². The van der Waals surface area contributed by atoms with E-state index in [1.165, 1.54) is 6.26 Å². The van der Waals surface area contributed by atoms with Crippen LogP contribution in [0, 0.1) is 16.2 Å². The molecule has 1 unspecified atom stereocenters. The molecule has 1 aliphatic heterocycles. The van der Waals surface area contributed by atoms with E-state index in [-0.39, 0.29) is 31.1 Å². The number of nitrogens with one attached hydrogen (secondary N) is 3. The summed E-state index contributed by atoms with van der Waals surface area (Å²) in [5.41, 5.74) is 10.2. The number of hydrogen-bond donors (Lipinski definition) is 5. The van der Waals surface area contributed by atoms with Gasteiger partial charge in [0.25, 0.3) is 0 Å². The molecule has 3 aromatic rings. The lowest BCUT2D eigenvalue weighted by atomic mass is 9.86. The Morgan fingerprint density at radius 3 is 2.40 bits per heavy atom. The van der Waals surface area contributed by atoms with Gasteiger partial charge in [0, 0.05) is 35.4 Å². The van der Waals surface area contributed by atoms with E-state index in [0.717, 1.165) is 21.9 Å². The average molecular weight is 561 g/mol. The van der Waals surface area contributed by atoms with Crippen LogP contribution in [0.4, 0.5) is 0 Å². The number of rotatable bonds is 11. The fourth-order valence-electron chi connectivity index (χ4n) is 4.69. The normalized spacial score (nSPS) is 13.2. The van der Waals surface area contributed by atoms with Gasteiger partial charge < -0.3 is 31.1 Å². The molecule has 0 fully saturated rings. The number of carbonyl (C=O) groups is 1. The maximum Gasteiger partial charge on any atom is 0.311 e. The quantitative estimate of drug-likeness (QED) is 0.141. The molecule has 1 aliphatic rings. The summed E-state index contributed by atoms with van der Waals surface area (Å²) in [7, 11) is 0. The number of nitrogens with two attached hydrogens (primary N) is 1. The number of carboxylic acids is 1. The Kier molecular flexibility index (Phi) is 9.85. The first kappa shape index (κ1) is 30.1. The lowest BCUT2D eigenvalue weighted by molar-refractivity contribution is -0.138. The minimum absolute atomic E-state index is 0. The Balaban J connectivity index is 0.00000441. The minimum atomic E-state index is -0.958. The van der Waals surface area contributed by atoms with Crippen LogP contribution in [0.15, 0.2) is 78.3 Å². The van der Waals surface area contributed by atoms with Crippen LogP contribution in [0.5, 0.6) is 5.75 Å². The number of amidine groups is 1. The number of halogens is 1. The highest BCUT2D eigenvalue weighted by Gasteiger charge is 2.25. The van der Waals surface area contributed by atoms with Gasteiger partial charge in [-0.15, -0.1) is 12.4 Å². The first-order chi connectivity index (χ1) is 18.6. The molecule has 0 aliphatic carbocycles. The summed E-state index contributed by atoms with van der Waals surface area (Å²) in [5, 5.41) is 35.7. The maximum atomic E-state index is 12.5. The van der Waals surface area contributed by atoms with Crippen molar-refractivity contribution in [1.82, 2.24) is 0 Å². The van der Waals surface area contributed by atoms with E-state index in [1.807, 2.05) is 36.4 Å². The molecule has 6 N–H and O–H groups in total.